The molecule has 0 aliphatic heterocycles. The molecule has 15 heavy (non-hydrogen) atoms. The van der Waals surface area contributed by atoms with Gasteiger partial charge in [-0.15, -0.1) is 0 Å². The molecule has 88 valence electrons. The lowest BCUT2D eigenvalue weighted by molar-refractivity contribution is -0.137. The molecule has 0 radical (unpaired) electrons. The van der Waals surface area contributed by atoms with Crippen molar-refractivity contribution in [2.45, 2.75) is 19.3 Å². The quantitative estimate of drug-likeness (QED) is 0.639. The summed E-state index contributed by atoms with van der Waals surface area (Å²) in [5.41, 5.74) is 5.26. The van der Waals surface area contributed by atoms with Crippen LogP contribution in [0.4, 0.5) is 0 Å². The Morgan fingerprint density at radius 2 is 2.07 bits per heavy atom. The second kappa shape index (κ2) is 4.49. The number of rotatable bonds is 6. The third kappa shape index (κ3) is 3.79. The zero-order valence-corrected chi connectivity index (χ0v) is 9.68. The molecule has 0 amide bonds. The summed E-state index contributed by atoms with van der Waals surface area (Å²) in [7, 11) is -2.16. The lowest BCUT2D eigenvalue weighted by atomic mass is 10.1. The molecule has 0 spiro atoms. The van der Waals surface area contributed by atoms with Crippen LogP contribution in [0.1, 0.15) is 19.3 Å². The van der Waals surface area contributed by atoms with Gasteiger partial charge >= 0.3 is 5.97 Å². The van der Waals surface area contributed by atoms with Crippen LogP contribution in [0.25, 0.3) is 0 Å². The molecule has 0 bridgehead atoms. The van der Waals surface area contributed by atoms with Crippen LogP contribution in [-0.4, -0.2) is 39.5 Å². The van der Waals surface area contributed by atoms with Crippen LogP contribution in [0.15, 0.2) is 0 Å². The third-order valence-electron chi connectivity index (χ3n) is 2.72. The summed E-state index contributed by atoms with van der Waals surface area (Å²) in [4.78, 5) is 10.9. The number of esters is 1. The van der Waals surface area contributed by atoms with E-state index in [2.05, 4.69) is 4.74 Å². The van der Waals surface area contributed by atoms with Crippen LogP contribution < -0.4 is 5.73 Å². The Kier molecular flexibility index (Phi) is 3.72. The van der Waals surface area contributed by atoms with E-state index in [1.54, 1.807) is 0 Å². The number of nitrogens with two attached hydrogens (primary N) is 1. The summed E-state index contributed by atoms with van der Waals surface area (Å²) in [6, 6.07) is 0. The number of hydrogen-bond donors (Lipinski definition) is 1. The van der Waals surface area contributed by atoms with Crippen molar-refractivity contribution in [1.82, 2.24) is 0 Å². The summed E-state index contributed by atoms with van der Waals surface area (Å²) in [5, 5.41) is 0. The third-order valence-corrected chi connectivity index (χ3v) is 4.45. The average molecular weight is 235 g/mol. The molecule has 0 heterocycles. The Morgan fingerprint density at radius 1 is 1.47 bits per heavy atom. The second-order valence-electron chi connectivity index (χ2n) is 4.15. The fourth-order valence-electron chi connectivity index (χ4n) is 1.71. The van der Waals surface area contributed by atoms with Crippen molar-refractivity contribution in [2.75, 3.05) is 25.2 Å². The van der Waals surface area contributed by atoms with Crippen LogP contribution in [0.2, 0.25) is 0 Å². The molecule has 2 N–H and O–H groups in total. The molecule has 1 fully saturated rings. The first-order valence-corrected chi connectivity index (χ1v) is 6.72. The van der Waals surface area contributed by atoms with E-state index >= 15 is 0 Å². The zero-order valence-electron chi connectivity index (χ0n) is 8.86. The first kappa shape index (κ1) is 12.4. The second-order valence-corrected chi connectivity index (χ2v) is 6.21. The summed E-state index contributed by atoms with van der Waals surface area (Å²) in [5.74, 6) is -1.15. The van der Waals surface area contributed by atoms with Gasteiger partial charge in [0.05, 0.1) is 12.9 Å². The van der Waals surface area contributed by atoms with Crippen LogP contribution in [0.5, 0.6) is 0 Å². The highest BCUT2D eigenvalue weighted by Crippen LogP contribution is 2.49. The fourth-order valence-corrected chi connectivity index (χ4v) is 3.65. The van der Waals surface area contributed by atoms with Crippen molar-refractivity contribution in [1.29, 1.82) is 0 Å². The van der Waals surface area contributed by atoms with Gasteiger partial charge in [-0.25, -0.2) is 8.42 Å². The SMILES string of the molecule is COC(=O)CS(=O)(=O)CC1(CCN)CC1. The molecule has 1 rings (SSSR count). The van der Waals surface area contributed by atoms with Gasteiger partial charge in [-0.2, -0.15) is 0 Å². The van der Waals surface area contributed by atoms with E-state index in [-0.39, 0.29) is 11.2 Å². The van der Waals surface area contributed by atoms with Crippen molar-refractivity contribution >= 4 is 15.8 Å². The molecule has 6 heteroatoms. The van der Waals surface area contributed by atoms with Gasteiger partial charge in [0.2, 0.25) is 0 Å². The van der Waals surface area contributed by atoms with Gasteiger partial charge in [0.15, 0.2) is 9.84 Å². The highest BCUT2D eigenvalue weighted by Gasteiger charge is 2.45. The Morgan fingerprint density at radius 3 is 2.47 bits per heavy atom. The molecule has 0 saturated heterocycles. The van der Waals surface area contributed by atoms with Gasteiger partial charge in [0.1, 0.15) is 5.75 Å². The minimum Gasteiger partial charge on any atom is -0.468 e. The molecule has 0 atom stereocenters. The minimum absolute atomic E-state index is 0.0618. The van der Waals surface area contributed by atoms with Crippen LogP contribution in [0.3, 0.4) is 0 Å². The monoisotopic (exact) mass is 235 g/mol. The van der Waals surface area contributed by atoms with Crippen molar-refractivity contribution < 1.29 is 17.9 Å². The first-order chi connectivity index (χ1) is 6.93. The molecule has 0 aromatic rings. The predicted molar refractivity (Wildman–Crippen MR) is 56.0 cm³/mol. The topological polar surface area (TPSA) is 86.5 Å². The van der Waals surface area contributed by atoms with Crippen LogP contribution in [-0.2, 0) is 19.4 Å². The van der Waals surface area contributed by atoms with Gasteiger partial charge in [-0.3, -0.25) is 4.79 Å². The smallest absolute Gasteiger partial charge is 0.320 e. The van der Waals surface area contributed by atoms with Gasteiger partial charge in [0.25, 0.3) is 0 Å². The highest BCUT2D eigenvalue weighted by atomic mass is 32.2. The maximum absolute atomic E-state index is 11.6. The molecule has 5 nitrogen and oxygen atoms in total. The van der Waals surface area contributed by atoms with Gasteiger partial charge in [-0.05, 0) is 31.2 Å². The van der Waals surface area contributed by atoms with Gasteiger partial charge in [-0.1, -0.05) is 0 Å². The summed E-state index contributed by atoms with van der Waals surface area (Å²) < 4.78 is 27.5. The number of sulfone groups is 1. The standard InChI is InChI=1S/C9H17NO4S/c1-14-8(11)6-15(12,13)7-9(2-3-9)4-5-10/h2-7,10H2,1H3. The molecule has 1 aliphatic rings. The summed E-state index contributed by atoms with van der Waals surface area (Å²) in [6.07, 6.45) is 2.50. The summed E-state index contributed by atoms with van der Waals surface area (Å²) >= 11 is 0. The summed E-state index contributed by atoms with van der Waals surface area (Å²) in [6.45, 7) is 0.494. The van der Waals surface area contributed by atoms with Crippen molar-refractivity contribution in [3.8, 4) is 0 Å². The van der Waals surface area contributed by atoms with E-state index in [0.717, 1.165) is 12.8 Å². The average Bonchev–Trinajstić information content (AvgIpc) is 2.83. The van der Waals surface area contributed by atoms with Gasteiger partial charge < -0.3 is 10.5 Å². The Balaban J connectivity index is 2.53. The number of ether oxygens (including phenoxy) is 1. The Hall–Kier alpha value is -0.620. The van der Waals surface area contributed by atoms with E-state index in [1.807, 2.05) is 0 Å². The zero-order chi connectivity index (χ0) is 11.5. The minimum atomic E-state index is -3.34. The van der Waals surface area contributed by atoms with Crippen LogP contribution in [0, 0.1) is 5.41 Å². The molecule has 0 unspecified atom stereocenters. The molecular formula is C9H17NO4S. The van der Waals surface area contributed by atoms with Crippen molar-refractivity contribution in [3.63, 3.8) is 0 Å². The fraction of sp³-hybridized carbons (Fsp3) is 0.889. The Labute approximate surface area is 89.9 Å². The molecule has 1 saturated carbocycles. The molecule has 1 aliphatic carbocycles. The number of methoxy groups -OCH3 is 1. The molecular weight excluding hydrogens is 218 g/mol. The van der Waals surface area contributed by atoms with Crippen molar-refractivity contribution in [3.05, 3.63) is 0 Å². The first-order valence-electron chi connectivity index (χ1n) is 4.90. The van der Waals surface area contributed by atoms with E-state index in [9.17, 15) is 13.2 Å². The van der Waals surface area contributed by atoms with E-state index in [4.69, 9.17) is 5.73 Å². The predicted octanol–water partition coefficient (Wildman–Crippen LogP) is -0.297. The van der Waals surface area contributed by atoms with Gasteiger partial charge in [0, 0.05) is 0 Å². The van der Waals surface area contributed by atoms with E-state index in [0.29, 0.717) is 13.0 Å². The van der Waals surface area contributed by atoms with E-state index < -0.39 is 21.6 Å². The van der Waals surface area contributed by atoms with E-state index in [1.165, 1.54) is 7.11 Å². The normalized spacial score (nSPS) is 18.5. The number of hydrogen-bond acceptors (Lipinski definition) is 5. The largest absolute Gasteiger partial charge is 0.468 e. The number of carbonyl (C=O) groups excluding carboxylic acids is 1. The number of carbonyl (C=O) groups is 1. The lowest BCUT2D eigenvalue weighted by Gasteiger charge is -2.13. The maximum atomic E-state index is 11.6. The molecule has 0 aromatic heterocycles. The van der Waals surface area contributed by atoms with Crippen LogP contribution >= 0.6 is 0 Å². The highest BCUT2D eigenvalue weighted by molar-refractivity contribution is 7.92. The molecule has 0 aromatic carbocycles. The lowest BCUT2D eigenvalue weighted by Crippen LogP contribution is -2.26. The van der Waals surface area contributed by atoms with Crippen molar-refractivity contribution in [2.24, 2.45) is 11.1 Å². The maximum Gasteiger partial charge on any atom is 0.320 e. The Bertz CT molecular complexity index is 332.